The molecule has 0 bridgehead atoms. The highest BCUT2D eigenvalue weighted by Crippen LogP contribution is 2.36. The Morgan fingerprint density at radius 2 is 2.38 bits per heavy atom. The normalized spacial score (nSPS) is 19.9. The summed E-state index contributed by atoms with van der Waals surface area (Å²) in [7, 11) is 0. The number of phenolic OH excluding ortho intramolecular Hbond substituents is 1. The van der Waals surface area contributed by atoms with E-state index in [2.05, 4.69) is 5.32 Å². The second-order valence-corrected chi connectivity index (χ2v) is 4.03. The minimum atomic E-state index is -0.992. The lowest BCUT2D eigenvalue weighted by atomic mass is 9.94. The summed E-state index contributed by atoms with van der Waals surface area (Å²) in [5.41, 5.74) is 7.39. The lowest BCUT2D eigenvalue weighted by Crippen LogP contribution is -2.32. The van der Waals surface area contributed by atoms with Gasteiger partial charge in [-0.15, -0.1) is 0 Å². The SMILES string of the molecule is N[C@@H](CC1CNc2ccc(O)cc21)C(=O)O. The Morgan fingerprint density at radius 1 is 1.62 bits per heavy atom. The van der Waals surface area contributed by atoms with Crippen molar-refractivity contribution in [3.8, 4) is 5.75 Å². The standard InChI is InChI=1S/C11H14N2O3/c12-9(11(15)16)3-6-5-13-10-2-1-7(14)4-8(6)10/h1-2,4,6,9,13-14H,3,5,12H2,(H,15,16)/t6?,9-/m0/s1. The van der Waals surface area contributed by atoms with E-state index in [4.69, 9.17) is 10.8 Å². The Bertz CT molecular complexity index is 420. The minimum absolute atomic E-state index is 0.0493. The molecule has 0 saturated heterocycles. The maximum atomic E-state index is 10.7. The number of hydrogen-bond acceptors (Lipinski definition) is 4. The molecule has 0 radical (unpaired) electrons. The lowest BCUT2D eigenvalue weighted by molar-refractivity contribution is -0.138. The largest absolute Gasteiger partial charge is 0.508 e. The van der Waals surface area contributed by atoms with Crippen LogP contribution in [0.5, 0.6) is 5.75 Å². The van der Waals surface area contributed by atoms with E-state index in [-0.39, 0.29) is 11.7 Å². The van der Waals surface area contributed by atoms with Gasteiger partial charge in [0.05, 0.1) is 0 Å². The van der Waals surface area contributed by atoms with Gasteiger partial charge in [0.15, 0.2) is 0 Å². The molecule has 0 fully saturated rings. The summed E-state index contributed by atoms with van der Waals surface area (Å²) in [5, 5.41) is 21.3. The molecule has 5 heteroatoms. The number of aromatic hydroxyl groups is 1. The van der Waals surface area contributed by atoms with E-state index < -0.39 is 12.0 Å². The third-order valence-corrected chi connectivity index (χ3v) is 2.87. The van der Waals surface area contributed by atoms with E-state index >= 15 is 0 Å². The fourth-order valence-electron chi connectivity index (χ4n) is 2.01. The summed E-state index contributed by atoms with van der Waals surface area (Å²) in [6.45, 7) is 0.666. The third-order valence-electron chi connectivity index (χ3n) is 2.87. The van der Waals surface area contributed by atoms with Crippen LogP contribution in [0.1, 0.15) is 17.9 Å². The average molecular weight is 222 g/mol. The minimum Gasteiger partial charge on any atom is -0.508 e. The molecule has 5 N–H and O–H groups in total. The van der Waals surface area contributed by atoms with Crippen LogP contribution >= 0.6 is 0 Å². The molecular weight excluding hydrogens is 208 g/mol. The van der Waals surface area contributed by atoms with Gasteiger partial charge in [-0.25, -0.2) is 0 Å². The maximum Gasteiger partial charge on any atom is 0.320 e. The van der Waals surface area contributed by atoms with Crippen molar-refractivity contribution >= 4 is 11.7 Å². The van der Waals surface area contributed by atoms with Crippen molar-refractivity contribution in [3.05, 3.63) is 23.8 Å². The molecule has 16 heavy (non-hydrogen) atoms. The van der Waals surface area contributed by atoms with Gasteiger partial charge in [-0.3, -0.25) is 4.79 Å². The predicted molar refractivity (Wildman–Crippen MR) is 59.6 cm³/mol. The van der Waals surface area contributed by atoms with Gasteiger partial charge in [0.25, 0.3) is 0 Å². The second-order valence-electron chi connectivity index (χ2n) is 4.03. The third kappa shape index (κ3) is 1.94. The van der Waals surface area contributed by atoms with Gasteiger partial charge >= 0.3 is 5.97 Å². The fourth-order valence-corrected chi connectivity index (χ4v) is 2.01. The summed E-state index contributed by atoms with van der Waals surface area (Å²) >= 11 is 0. The quantitative estimate of drug-likeness (QED) is 0.565. The first kappa shape index (κ1) is 10.8. The molecule has 2 rings (SSSR count). The van der Waals surface area contributed by atoms with Crippen LogP contribution in [0.3, 0.4) is 0 Å². The number of nitrogens with two attached hydrogens (primary N) is 1. The Hall–Kier alpha value is -1.75. The lowest BCUT2D eigenvalue weighted by Gasteiger charge is -2.13. The van der Waals surface area contributed by atoms with E-state index in [1.165, 1.54) is 0 Å². The van der Waals surface area contributed by atoms with E-state index in [1.807, 2.05) is 0 Å². The van der Waals surface area contributed by atoms with Gasteiger partial charge in [-0.2, -0.15) is 0 Å². The first-order chi connectivity index (χ1) is 7.58. The number of carboxylic acid groups (broad SMARTS) is 1. The number of benzene rings is 1. The van der Waals surface area contributed by atoms with E-state index in [0.717, 1.165) is 11.3 Å². The van der Waals surface area contributed by atoms with Crippen molar-refractivity contribution in [2.75, 3.05) is 11.9 Å². The summed E-state index contributed by atoms with van der Waals surface area (Å²) in [5.74, 6) is -0.752. The maximum absolute atomic E-state index is 10.7. The number of carboxylic acids is 1. The van der Waals surface area contributed by atoms with Gasteiger partial charge in [-0.1, -0.05) is 0 Å². The van der Waals surface area contributed by atoms with Crippen LogP contribution < -0.4 is 11.1 Å². The monoisotopic (exact) mass is 222 g/mol. The van der Waals surface area contributed by atoms with Crippen LogP contribution in [0.2, 0.25) is 0 Å². The van der Waals surface area contributed by atoms with Gasteiger partial charge in [0, 0.05) is 18.2 Å². The number of rotatable bonds is 3. The van der Waals surface area contributed by atoms with E-state index in [0.29, 0.717) is 13.0 Å². The Labute approximate surface area is 92.9 Å². The number of anilines is 1. The molecule has 5 nitrogen and oxygen atoms in total. The summed E-state index contributed by atoms with van der Waals surface area (Å²) in [6, 6.07) is 4.19. The number of fused-ring (bicyclic) bond motifs is 1. The van der Waals surface area contributed by atoms with Crippen molar-refractivity contribution in [3.63, 3.8) is 0 Å². The zero-order valence-corrected chi connectivity index (χ0v) is 8.68. The highest BCUT2D eigenvalue weighted by atomic mass is 16.4. The molecule has 0 aromatic heterocycles. The Morgan fingerprint density at radius 3 is 3.06 bits per heavy atom. The zero-order valence-electron chi connectivity index (χ0n) is 8.68. The Kier molecular flexibility index (Phi) is 2.70. The molecule has 1 aliphatic rings. The molecule has 86 valence electrons. The number of hydrogen-bond donors (Lipinski definition) is 4. The molecule has 0 saturated carbocycles. The fraction of sp³-hybridized carbons (Fsp3) is 0.364. The van der Waals surface area contributed by atoms with Gasteiger partial charge in [-0.05, 0) is 30.2 Å². The number of nitrogens with one attached hydrogen (secondary N) is 1. The highest BCUT2D eigenvalue weighted by molar-refractivity contribution is 5.73. The molecule has 1 unspecified atom stereocenters. The van der Waals surface area contributed by atoms with E-state index in [9.17, 15) is 9.90 Å². The topological polar surface area (TPSA) is 95.6 Å². The van der Waals surface area contributed by atoms with Gasteiger partial charge < -0.3 is 21.3 Å². The predicted octanol–water partition coefficient (Wildman–Crippen LogP) is 0.703. The van der Waals surface area contributed by atoms with Crippen LogP contribution in [-0.2, 0) is 4.79 Å². The number of carbonyl (C=O) groups is 1. The van der Waals surface area contributed by atoms with Crippen molar-refractivity contribution in [1.29, 1.82) is 0 Å². The molecule has 0 aliphatic carbocycles. The summed E-state index contributed by atoms with van der Waals surface area (Å²) < 4.78 is 0. The number of phenols is 1. The second kappa shape index (κ2) is 4.02. The molecule has 1 heterocycles. The molecule has 2 atom stereocenters. The van der Waals surface area contributed by atoms with Gasteiger partial charge in [0.1, 0.15) is 11.8 Å². The zero-order chi connectivity index (χ0) is 11.7. The van der Waals surface area contributed by atoms with Crippen LogP contribution in [-0.4, -0.2) is 28.8 Å². The first-order valence-corrected chi connectivity index (χ1v) is 5.13. The summed E-state index contributed by atoms with van der Waals surface area (Å²) in [4.78, 5) is 10.7. The van der Waals surface area contributed by atoms with Crippen molar-refractivity contribution < 1.29 is 15.0 Å². The van der Waals surface area contributed by atoms with Crippen molar-refractivity contribution in [2.45, 2.75) is 18.4 Å². The van der Waals surface area contributed by atoms with Crippen LogP contribution in [0, 0.1) is 0 Å². The molecule has 1 aliphatic heterocycles. The summed E-state index contributed by atoms with van der Waals surface area (Å²) in [6.07, 6.45) is 0.374. The molecule has 1 aromatic rings. The van der Waals surface area contributed by atoms with E-state index in [1.54, 1.807) is 18.2 Å². The van der Waals surface area contributed by atoms with Crippen LogP contribution in [0.25, 0.3) is 0 Å². The average Bonchev–Trinajstić information content (AvgIpc) is 2.61. The van der Waals surface area contributed by atoms with Crippen LogP contribution in [0.4, 0.5) is 5.69 Å². The van der Waals surface area contributed by atoms with Crippen LogP contribution in [0.15, 0.2) is 18.2 Å². The highest BCUT2D eigenvalue weighted by Gasteiger charge is 2.26. The van der Waals surface area contributed by atoms with Crippen molar-refractivity contribution in [1.82, 2.24) is 0 Å². The van der Waals surface area contributed by atoms with Gasteiger partial charge in [0.2, 0.25) is 0 Å². The molecule has 0 amide bonds. The molecular formula is C11H14N2O3. The molecule has 0 spiro atoms. The smallest absolute Gasteiger partial charge is 0.320 e. The Balaban J connectivity index is 2.17. The molecule has 1 aromatic carbocycles. The first-order valence-electron chi connectivity index (χ1n) is 5.13. The number of aliphatic carboxylic acids is 1. The van der Waals surface area contributed by atoms with Crippen molar-refractivity contribution in [2.24, 2.45) is 5.73 Å².